The molecule has 0 aliphatic rings. The van der Waals surface area contributed by atoms with Crippen LogP contribution in [0.5, 0.6) is 0 Å². The number of thiophene rings is 1. The summed E-state index contributed by atoms with van der Waals surface area (Å²) in [6, 6.07) is -15.3. The third kappa shape index (κ3) is 2.94. The van der Waals surface area contributed by atoms with Crippen LogP contribution < -0.4 is 0 Å². The van der Waals surface area contributed by atoms with Gasteiger partial charge in [0.1, 0.15) is 0 Å². The molecule has 0 saturated carbocycles. The van der Waals surface area contributed by atoms with Gasteiger partial charge in [-0.3, -0.25) is 4.57 Å². The maximum Gasteiger partial charge on any atom is 0.235 e. The summed E-state index contributed by atoms with van der Waals surface area (Å²) in [4.78, 5) is 9.12. The molecule has 0 aliphatic carbocycles. The van der Waals surface area contributed by atoms with Crippen molar-refractivity contribution in [2.45, 2.75) is 0 Å². The summed E-state index contributed by atoms with van der Waals surface area (Å²) < 4.78 is 185. The third-order valence-electron chi connectivity index (χ3n) is 6.60. The van der Waals surface area contributed by atoms with Crippen molar-refractivity contribution >= 4 is 75.0 Å². The third-order valence-corrected chi connectivity index (χ3v) is 7.72. The number of benzene rings is 6. The molecule has 186 valence electrons. The first-order valence-electron chi connectivity index (χ1n) is 22.2. The van der Waals surface area contributed by atoms with Crippen LogP contribution >= 0.6 is 11.3 Å². The van der Waals surface area contributed by atoms with Gasteiger partial charge in [0.15, 0.2) is 0 Å². The molecule has 40 heavy (non-hydrogen) atoms. The molecule has 0 radical (unpaired) electrons. The minimum Gasteiger partial charge on any atom is -0.277 e. The van der Waals surface area contributed by atoms with Gasteiger partial charge in [0.25, 0.3) is 0 Å². The molecule has 9 aromatic rings. The fourth-order valence-electron chi connectivity index (χ4n) is 5.06. The van der Waals surface area contributed by atoms with E-state index in [0.29, 0.717) is 0 Å². The van der Waals surface area contributed by atoms with E-state index in [9.17, 15) is 4.11 Å². The molecule has 0 N–H and O–H groups in total. The monoisotopic (exact) mass is 548 g/mol. The van der Waals surface area contributed by atoms with Crippen molar-refractivity contribution in [3.05, 3.63) is 127 Å². The Balaban J connectivity index is 1.70. The number of fused-ring (bicyclic) bond motifs is 11. The zero-order chi connectivity index (χ0) is 44.5. The Hall–Kier alpha value is -5.06. The Kier molecular flexibility index (Phi) is 2.02. The summed E-state index contributed by atoms with van der Waals surface area (Å²) in [6.07, 6.45) is 0. The van der Waals surface area contributed by atoms with Crippen molar-refractivity contribution in [3.8, 4) is 17.2 Å². The average Bonchev–Trinajstić information content (AvgIpc) is 3.81. The SMILES string of the molecule is [2H]c1c([2H])c([2H])c(-c2nc(-n3c4c([2H])c([2H])c([2H])c([2H])c4c4c5c(sc6c([2H])c([2H])c([2H])c([2H])c65)c5c([2H])c([2H])c([2H])c([2H])c5c43)nc3c([2H])c([2H])c([2H])c([2H])c23)c([2H])c1[2H]. The Morgan fingerprint density at radius 3 is 2.05 bits per heavy atom. The Morgan fingerprint density at radius 1 is 0.550 bits per heavy atom. The minimum atomic E-state index is -0.825. The summed E-state index contributed by atoms with van der Waals surface area (Å²) in [5.41, 5.74) is -2.55. The largest absolute Gasteiger partial charge is 0.277 e. The standard InChI is InChI=1S/C36H21N3S/c1-2-12-22(13-3-1)33-25-16-6-9-19-28(25)37-36(38-33)39-29-20-10-7-17-26(29)31-32-27-18-8-11-21-30(27)40-35(32)24-15-5-4-14-23(24)34(31)39/h1-21H/i1D,2D,3D,4D,5D,6D,7D,8D,9D,10D,11D,12D,13D,14D,15D,16D,17D,18D,19D,20D,21D. The van der Waals surface area contributed by atoms with Gasteiger partial charge in [0.2, 0.25) is 5.95 Å². The van der Waals surface area contributed by atoms with Crippen LogP contribution in [-0.4, -0.2) is 14.5 Å². The number of aromatic nitrogens is 3. The molecular formula is C36H21N3S. The van der Waals surface area contributed by atoms with Crippen LogP contribution in [0.4, 0.5) is 0 Å². The first-order valence-corrected chi connectivity index (χ1v) is 12.5. The highest BCUT2D eigenvalue weighted by Crippen LogP contribution is 2.47. The van der Waals surface area contributed by atoms with Crippen molar-refractivity contribution in [1.29, 1.82) is 0 Å². The van der Waals surface area contributed by atoms with E-state index >= 15 is 0 Å². The van der Waals surface area contributed by atoms with E-state index in [2.05, 4.69) is 9.97 Å². The van der Waals surface area contributed by atoms with Crippen LogP contribution in [-0.2, 0) is 0 Å². The van der Waals surface area contributed by atoms with Gasteiger partial charge < -0.3 is 0 Å². The van der Waals surface area contributed by atoms with Crippen molar-refractivity contribution < 1.29 is 28.8 Å². The van der Waals surface area contributed by atoms with E-state index in [1.165, 1.54) is 0 Å². The molecular weight excluding hydrogens is 506 g/mol. The van der Waals surface area contributed by atoms with E-state index in [1.807, 2.05) is 0 Å². The molecule has 0 fully saturated rings. The first-order chi connectivity index (χ1) is 28.6. The molecule has 0 saturated heterocycles. The summed E-state index contributed by atoms with van der Waals surface area (Å²) >= 11 is 0.785. The summed E-state index contributed by atoms with van der Waals surface area (Å²) in [6.45, 7) is 0. The second-order valence-corrected chi connectivity index (χ2v) is 9.66. The smallest absolute Gasteiger partial charge is 0.235 e. The Labute approximate surface area is 263 Å². The van der Waals surface area contributed by atoms with Crippen molar-refractivity contribution in [3.63, 3.8) is 0 Å². The van der Waals surface area contributed by atoms with Crippen molar-refractivity contribution in [2.75, 3.05) is 0 Å². The van der Waals surface area contributed by atoms with E-state index in [0.717, 1.165) is 15.9 Å². The van der Waals surface area contributed by atoms with Crippen molar-refractivity contribution in [2.24, 2.45) is 0 Å². The quantitative estimate of drug-likeness (QED) is 0.215. The summed E-state index contributed by atoms with van der Waals surface area (Å²) in [7, 11) is 0. The van der Waals surface area contributed by atoms with Gasteiger partial charge in [0, 0.05) is 52.7 Å². The van der Waals surface area contributed by atoms with Gasteiger partial charge in [-0.05, 0) is 18.1 Å². The lowest BCUT2D eigenvalue weighted by atomic mass is 10.00. The molecule has 0 amide bonds. The normalized spacial score (nSPS) is 19.4. The lowest BCUT2D eigenvalue weighted by Gasteiger charge is -2.13. The highest BCUT2D eigenvalue weighted by Gasteiger charge is 2.23. The van der Waals surface area contributed by atoms with E-state index in [4.69, 9.17) is 24.7 Å². The number of rotatable bonds is 2. The second kappa shape index (κ2) is 8.22. The molecule has 6 aromatic carbocycles. The van der Waals surface area contributed by atoms with Gasteiger partial charge in [-0.25, -0.2) is 9.97 Å². The van der Waals surface area contributed by atoms with Crippen LogP contribution in [0.2, 0.25) is 0 Å². The fraction of sp³-hybridized carbons (Fsp3) is 0. The zero-order valence-corrected chi connectivity index (χ0v) is 20.6. The summed E-state index contributed by atoms with van der Waals surface area (Å²) in [5, 5.41) is -1.69. The lowest BCUT2D eigenvalue weighted by molar-refractivity contribution is 1.02. The predicted octanol–water partition coefficient (Wildman–Crippen LogP) is 9.91. The molecule has 0 unspecified atom stereocenters. The highest BCUT2D eigenvalue weighted by molar-refractivity contribution is 7.27. The van der Waals surface area contributed by atoms with Gasteiger partial charge in [-0.1, -0.05) is 109 Å². The Bertz CT molecular complexity index is 3590. The molecule has 4 heteroatoms. The fourth-order valence-corrected chi connectivity index (χ4v) is 6.19. The van der Waals surface area contributed by atoms with E-state index in [1.54, 1.807) is 0 Å². The molecule has 0 atom stereocenters. The molecule has 0 aliphatic heterocycles. The first kappa shape index (κ1) is 9.84. The maximum absolute atomic E-state index is 9.29. The topological polar surface area (TPSA) is 30.7 Å². The van der Waals surface area contributed by atoms with Crippen LogP contribution in [0.25, 0.3) is 80.9 Å². The van der Waals surface area contributed by atoms with Crippen LogP contribution in [0.15, 0.2) is 127 Å². The number of hydrogen-bond donors (Lipinski definition) is 0. The zero-order valence-electron chi connectivity index (χ0n) is 40.7. The highest BCUT2D eigenvalue weighted by atomic mass is 32.1. The van der Waals surface area contributed by atoms with Crippen LogP contribution in [0.1, 0.15) is 28.8 Å². The van der Waals surface area contributed by atoms with E-state index in [-0.39, 0.29) is 47.2 Å². The summed E-state index contributed by atoms with van der Waals surface area (Å²) in [5.74, 6) is -0.682. The minimum absolute atomic E-state index is 0.0244. The Morgan fingerprint density at radius 2 is 1.20 bits per heavy atom. The molecule has 9 rings (SSSR count). The van der Waals surface area contributed by atoms with Crippen LogP contribution in [0, 0.1) is 0 Å². The van der Waals surface area contributed by atoms with Crippen LogP contribution in [0.3, 0.4) is 0 Å². The number of para-hydroxylation sites is 2. The van der Waals surface area contributed by atoms with Gasteiger partial charge in [-0.2, -0.15) is 0 Å². The molecule has 3 heterocycles. The second-order valence-electron chi connectivity index (χ2n) is 8.64. The molecule has 3 nitrogen and oxygen atoms in total. The maximum atomic E-state index is 9.29. The van der Waals surface area contributed by atoms with Gasteiger partial charge in [-0.15, -0.1) is 11.3 Å². The number of nitrogens with zero attached hydrogens (tertiary/aromatic N) is 3. The lowest BCUT2D eigenvalue weighted by Crippen LogP contribution is -2.03. The predicted molar refractivity (Wildman–Crippen MR) is 170 cm³/mol. The van der Waals surface area contributed by atoms with Gasteiger partial charge in [0.05, 0.1) is 51.0 Å². The van der Waals surface area contributed by atoms with E-state index < -0.39 is 161 Å². The van der Waals surface area contributed by atoms with Crippen molar-refractivity contribution in [1.82, 2.24) is 14.5 Å². The molecule has 0 spiro atoms. The van der Waals surface area contributed by atoms with Gasteiger partial charge >= 0.3 is 0 Å². The molecule has 3 aromatic heterocycles. The molecule has 0 bridgehead atoms. The average molecular weight is 549 g/mol. The number of hydrogen-bond acceptors (Lipinski definition) is 3.